The van der Waals surface area contributed by atoms with E-state index < -0.39 is 0 Å². The zero-order valence-corrected chi connectivity index (χ0v) is 11.8. The van der Waals surface area contributed by atoms with E-state index in [-0.39, 0.29) is 0 Å². The van der Waals surface area contributed by atoms with Gasteiger partial charge in [0.1, 0.15) is 18.0 Å². The van der Waals surface area contributed by atoms with E-state index >= 15 is 0 Å². The number of rotatable bonds is 8. The predicted octanol–water partition coefficient (Wildman–Crippen LogP) is 2.30. The third kappa shape index (κ3) is 4.87. The molecule has 0 bridgehead atoms. The minimum absolute atomic E-state index is 0.597. The van der Waals surface area contributed by atoms with E-state index in [1.54, 1.807) is 6.33 Å². The van der Waals surface area contributed by atoms with Gasteiger partial charge in [-0.2, -0.15) is 0 Å². The van der Waals surface area contributed by atoms with Crippen LogP contribution in [0, 0.1) is 12.8 Å². The monoisotopic (exact) mass is 252 g/mol. The summed E-state index contributed by atoms with van der Waals surface area (Å²) < 4.78 is 5.52. The lowest BCUT2D eigenvalue weighted by molar-refractivity contribution is 0.110. The Bertz CT molecular complexity index is 355. The maximum Gasteiger partial charge on any atom is 0.134 e. The molecule has 0 aliphatic carbocycles. The van der Waals surface area contributed by atoms with E-state index in [4.69, 9.17) is 4.74 Å². The van der Waals surface area contributed by atoms with E-state index in [9.17, 15) is 0 Å². The molecular weight excluding hydrogens is 228 g/mol. The molecular formula is C13H24N4O. The Morgan fingerprint density at radius 2 is 2.00 bits per heavy atom. The van der Waals surface area contributed by atoms with Gasteiger partial charge in [-0.05, 0) is 19.3 Å². The Morgan fingerprint density at radius 1 is 1.28 bits per heavy atom. The van der Waals surface area contributed by atoms with Gasteiger partial charge in [0.15, 0.2) is 0 Å². The molecule has 1 aromatic rings. The number of anilines is 2. The molecule has 1 rings (SSSR count). The second kappa shape index (κ2) is 7.87. The SMILES string of the molecule is CNc1ncnc(NCCCOCC(C)C)c1C. The molecule has 0 unspecified atom stereocenters. The summed E-state index contributed by atoms with van der Waals surface area (Å²) in [7, 11) is 1.86. The molecule has 1 heterocycles. The molecule has 0 amide bonds. The fourth-order valence-electron chi connectivity index (χ4n) is 1.58. The van der Waals surface area contributed by atoms with Crippen LogP contribution in [-0.4, -0.2) is 36.8 Å². The van der Waals surface area contributed by atoms with Gasteiger partial charge in [0.2, 0.25) is 0 Å². The Balaban J connectivity index is 2.27. The van der Waals surface area contributed by atoms with Gasteiger partial charge in [-0.3, -0.25) is 0 Å². The molecule has 18 heavy (non-hydrogen) atoms. The molecule has 2 N–H and O–H groups in total. The largest absolute Gasteiger partial charge is 0.381 e. The molecule has 102 valence electrons. The standard InChI is InChI=1S/C13H24N4O/c1-10(2)8-18-7-5-6-15-13-11(3)12(14-4)16-9-17-13/h9-10H,5-8H2,1-4H3,(H2,14,15,16,17). The minimum Gasteiger partial charge on any atom is -0.381 e. The third-order valence-corrected chi connectivity index (χ3v) is 2.53. The average Bonchev–Trinajstić information content (AvgIpc) is 2.35. The van der Waals surface area contributed by atoms with E-state index in [1.165, 1.54) is 0 Å². The van der Waals surface area contributed by atoms with Gasteiger partial charge in [0.25, 0.3) is 0 Å². The van der Waals surface area contributed by atoms with Crippen molar-refractivity contribution in [1.82, 2.24) is 9.97 Å². The molecule has 0 radical (unpaired) electrons. The maximum absolute atomic E-state index is 5.52. The lowest BCUT2D eigenvalue weighted by Gasteiger charge is -2.11. The molecule has 1 aromatic heterocycles. The summed E-state index contributed by atoms with van der Waals surface area (Å²) in [5.41, 5.74) is 1.04. The second-order valence-electron chi connectivity index (χ2n) is 4.69. The van der Waals surface area contributed by atoms with Crippen molar-refractivity contribution in [3.8, 4) is 0 Å². The number of aromatic nitrogens is 2. The first-order valence-corrected chi connectivity index (χ1v) is 6.46. The van der Waals surface area contributed by atoms with Gasteiger partial charge in [-0.25, -0.2) is 9.97 Å². The molecule has 0 saturated heterocycles. The van der Waals surface area contributed by atoms with Crippen LogP contribution < -0.4 is 10.6 Å². The van der Waals surface area contributed by atoms with Crippen LogP contribution in [0.4, 0.5) is 11.6 Å². The zero-order chi connectivity index (χ0) is 13.4. The van der Waals surface area contributed by atoms with Crippen molar-refractivity contribution in [2.24, 2.45) is 5.92 Å². The highest BCUT2D eigenvalue weighted by Crippen LogP contribution is 2.17. The summed E-state index contributed by atoms with van der Waals surface area (Å²) in [5, 5.41) is 6.35. The minimum atomic E-state index is 0.597. The fraction of sp³-hybridized carbons (Fsp3) is 0.692. The van der Waals surface area contributed by atoms with E-state index in [0.717, 1.165) is 43.4 Å². The quantitative estimate of drug-likeness (QED) is 0.695. The summed E-state index contributed by atoms with van der Waals surface area (Å²) in [6.07, 6.45) is 2.54. The van der Waals surface area contributed by atoms with E-state index in [0.29, 0.717) is 5.92 Å². The number of nitrogens with zero attached hydrogens (tertiary/aromatic N) is 2. The highest BCUT2D eigenvalue weighted by Gasteiger charge is 2.04. The van der Waals surface area contributed by atoms with Crippen molar-refractivity contribution in [3.63, 3.8) is 0 Å². The lowest BCUT2D eigenvalue weighted by Crippen LogP contribution is -2.11. The zero-order valence-electron chi connectivity index (χ0n) is 11.8. The molecule has 0 aromatic carbocycles. The van der Waals surface area contributed by atoms with Crippen molar-refractivity contribution >= 4 is 11.6 Å². The first-order chi connectivity index (χ1) is 8.65. The highest BCUT2D eigenvalue weighted by molar-refractivity contribution is 5.55. The van der Waals surface area contributed by atoms with Crippen LogP contribution in [0.1, 0.15) is 25.8 Å². The van der Waals surface area contributed by atoms with Crippen molar-refractivity contribution in [3.05, 3.63) is 11.9 Å². The van der Waals surface area contributed by atoms with Crippen molar-refractivity contribution in [1.29, 1.82) is 0 Å². The van der Waals surface area contributed by atoms with E-state index in [1.807, 2.05) is 14.0 Å². The van der Waals surface area contributed by atoms with Crippen LogP contribution in [0.5, 0.6) is 0 Å². The van der Waals surface area contributed by atoms with Gasteiger partial charge in [-0.1, -0.05) is 13.8 Å². The van der Waals surface area contributed by atoms with Crippen LogP contribution in [0.15, 0.2) is 6.33 Å². The second-order valence-corrected chi connectivity index (χ2v) is 4.69. The number of hydrogen-bond acceptors (Lipinski definition) is 5. The van der Waals surface area contributed by atoms with Gasteiger partial charge in [0.05, 0.1) is 0 Å². The van der Waals surface area contributed by atoms with Crippen LogP contribution in [0.2, 0.25) is 0 Å². The summed E-state index contributed by atoms with van der Waals surface area (Å²) in [6.45, 7) is 8.79. The number of ether oxygens (including phenoxy) is 1. The van der Waals surface area contributed by atoms with Crippen molar-refractivity contribution in [2.45, 2.75) is 27.2 Å². The van der Waals surface area contributed by atoms with Gasteiger partial charge in [-0.15, -0.1) is 0 Å². The molecule has 0 aliphatic heterocycles. The Morgan fingerprint density at radius 3 is 2.67 bits per heavy atom. The van der Waals surface area contributed by atoms with Crippen LogP contribution in [0.25, 0.3) is 0 Å². The molecule has 5 nitrogen and oxygen atoms in total. The molecule has 0 aliphatic rings. The topological polar surface area (TPSA) is 59.1 Å². The summed E-state index contributed by atoms with van der Waals surface area (Å²) in [6, 6.07) is 0. The lowest BCUT2D eigenvalue weighted by atomic mass is 10.2. The molecule has 0 spiro atoms. The molecule has 0 atom stereocenters. The van der Waals surface area contributed by atoms with Gasteiger partial charge >= 0.3 is 0 Å². The molecule has 0 saturated carbocycles. The average molecular weight is 252 g/mol. The normalized spacial score (nSPS) is 10.7. The van der Waals surface area contributed by atoms with Gasteiger partial charge in [0, 0.05) is 32.4 Å². The first-order valence-electron chi connectivity index (χ1n) is 6.46. The third-order valence-electron chi connectivity index (χ3n) is 2.53. The van der Waals surface area contributed by atoms with Crippen LogP contribution >= 0.6 is 0 Å². The molecule has 0 fully saturated rings. The summed E-state index contributed by atoms with van der Waals surface area (Å²) >= 11 is 0. The number of hydrogen-bond donors (Lipinski definition) is 2. The Hall–Kier alpha value is -1.36. The van der Waals surface area contributed by atoms with E-state index in [2.05, 4.69) is 34.4 Å². The fourth-order valence-corrected chi connectivity index (χ4v) is 1.58. The van der Waals surface area contributed by atoms with Gasteiger partial charge < -0.3 is 15.4 Å². The number of nitrogens with one attached hydrogen (secondary N) is 2. The Labute approximate surface area is 109 Å². The predicted molar refractivity (Wildman–Crippen MR) is 75.1 cm³/mol. The highest BCUT2D eigenvalue weighted by atomic mass is 16.5. The summed E-state index contributed by atoms with van der Waals surface area (Å²) in [5.74, 6) is 2.35. The summed E-state index contributed by atoms with van der Waals surface area (Å²) in [4.78, 5) is 8.38. The first kappa shape index (κ1) is 14.7. The van der Waals surface area contributed by atoms with Crippen molar-refractivity contribution in [2.75, 3.05) is 37.4 Å². The van der Waals surface area contributed by atoms with Crippen molar-refractivity contribution < 1.29 is 4.74 Å². The van der Waals surface area contributed by atoms with Crippen LogP contribution in [0.3, 0.4) is 0 Å². The maximum atomic E-state index is 5.52. The molecule has 5 heteroatoms. The smallest absolute Gasteiger partial charge is 0.134 e. The Kier molecular flexibility index (Phi) is 6.43. The van der Waals surface area contributed by atoms with Crippen LogP contribution in [-0.2, 0) is 4.74 Å².